The van der Waals surface area contributed by atoms with Gasteiger partial charge in [0.1, 0.15) is 42.0 Å². The fourth-order valence-electron chi connectivity index (χ4n) is 5.74. The normalized spacial score (nSPS) is 23.0. The Morgan fingerprint density at radius 3 is 1.86 bits per heavy atom. The van der Waals surface area contributed by atoms with Gasteiger partial charge in [-0.25, -0.2) is 0 Å². The second-order valence-electron chi connectivity index (χ2n) is 11.7. The molecule has 4 aromatic rings. The molecular formula is C36H40N2O12. The number of benzene rings is 4. The first-order chi connectivity index (χ1) is 24.1. The molecule has 1 heterocycles. The van der Waals surface area contributed by atoms with Crippen molar-refractivity contribution in [2.75, 3.05) is 26.3 Å². The minimum Gasteiger partial charge on any atom is -0.507 e. The summed E-state index contributed by atoms with van der Waals surface area (Å²) in [5.41, 5.74) is 1.34. The lowest BCUT2D eigenvalue weighted by molar-refractivity contribution is -0.322. The maximum absolute atomic E-state index is 11.7. The highest BCUT2D eigenvalue weighted by Gasteiger charge is 2.48. The zero-order valence-electron chi connectivity index (χ0n) is 27.1. The van der Waals surface area contributed by atoms with Gasteiger partial charge in [0, 0.05) is 41.3 Å². The average molecular weight is 693 g/mol. The molecule has 1 aliphatic heterocycles. The number of aliphatic hydroxyl groups is 5. The van der Waals surface area contributed by atoms with Gasteiger partial charge in [-0.2, -0.15) is 0 Å². The molecule has 0 aliphatic carbocycles. The quantitative estimate of drug-likeness (QED) is 0.0567. The number of hydrogen-bond donors (Lipinski definition) is 7. The molecule has 1 fully saturated rings. The van der Waals surface area contributed by atoms with Crippen LogP contribution < -0.4 is 0 Å². The minimum absolute atomic E-state index is 0.0920. The fraction of sp³-hybridized carbons (Fsp3) is 0.361. The summed E-state index contributed by atoms with van der Waals surface area (Å²) < 4.78 is 22.5. The van der Waals surface area contributed by atoms with Crippen LogP contribution in [0.1, 0.15) is 18.1 Å². The molecule has 8 unspecified atom stereocenters. The van der Waals surface area contributed by atoms with E-state index >= 15 is 0 Å². The van der Waals surface area contributed by atoms with Crippen LogP contribution in [-0.2, 0) is 23.7 Å². The Morgan fingerprint density at radius 1 is 0.800 bits per heavy atom. The van der Waals surface area contributed by atoms with Crippen LogP contribution in [0, 0.1) is 0 Å². The van der Waals surface area contributed by atoms with Crippen LogP contribution >= 0.6 is 0 Å². The fourth-order valence-corrected chi connectivity index (χ4v) is 5.74. The molecular weight excluding hydrogens is 652 g/mol. The number of carbonyl (C=O) groups is 1. The summed E-state index contributed by atoms with van der Waals surface area (Å²) in [6.45, 7) is -0.764. The molecule has 4 aromatic carbocycles. The molecule has 1 saturated heterocycles. The zero-order valence-corrected chi connectivity index (χ0v) is 27.1. The predicted octanol–water partition coefficient (Wildman–Crippen LogP) is 1.39. The molecule has 50 heavy (non-hydrogen) atoms. The van der Waals surface area contributed by atoms with Crippen molar-refractivity contribution in [3.8, 4) is 11.5 Å². The van der Waals surface area contributed by atoms with E-state index in [-0.39, 0.29) is 24.6 Å². The largest absolute Gasteiger partial charge is 0.507 e. The molecule has 1 aliphatic rings. The number of phenols is 2. The van der Waals surface area contributed by atoms with Crippen molar-refractivity contribution in [3.63, 3.8) is 0 Å². The zero-order chi connectivity index (χ0) is 35.8. The van der Waals surface area contributed by atoms with Crippen LogP contribution in [-0.4, -0.2) is 130 Å². The summed E-state index contributed by atoms with van der Waals surface area (Å²) in [5, 5.41) is 75.6. The number of aromatic hydroxyl groups is 2. The maximum Gasteiger partial charge on any atom is 0.303 e. The van der Waals surface area contributed by atoms with E-state index in [1.807, 2.05) is 24.3 Å². The molecule has 14 heteroatoms. The van der Waals surface area contributed by atoms with Crippen LogP contribution in [0.2, 0.25) is 0 Å². The van der Waals surface area contributed by atoms with Crippen molar-refractivity contribution < 1.29 is 59.5 Å². The van der Waals surface area contributed by atoms with Gasteiger partial charge < -0.3 is 54.7 Å². The number of rotatable bonds is 14. The number of aliphatic hydroxyl groups excluding tert-OH is 5. The van der Waals surface area contributed by atoms with Gasteiger partial charge in [0.05, 0.1) is 26.3 Å². The first-order valence-electron chi connectivity index (χ1n) is 15.9. The third kappa shape index (κ3) is 8.61. The number of aliphatic imine (C=N–C) groups is 2. The van der Waals surface area contributed by atoms with Crippen molar-refractivity contribution >= 4 is 39.9 Å². The second-order valence-corrected chi connectivity index (χ2v) is 11.7. The second kappa shape index (κ2) is 16.9. The third-order valence-electron chi connectivity index (χ3n) is 8.24. The Labute approximate surface area is 287 Å². The molecule has 0 saturated carbocycles. The molecule has 0 aromatic heterocycles. The molecule has 0 radical (unpaired) electrons. The molecule has 8 atom stereocenters. The topological polar surface area (TPSA) is 220 Å². The lowest BCUT2D eigenvalue weighted by Crippen LogP contribution is -2.61. The summed E-state index contributed by atoms with van der Waals surface area (Å²) in [5.74, 6) is -0.590. The van der Waals surface area contributed by atoms with Gasteiger partial charge in [-0.3, -0.25) is 14.8 Å². The van der Waals surface area contributed by atoms with Gasteiger partial charge >= 0.3 is 5.97 Å². The highest BCUT2D eigenvalue weighted by Crippen LogP contribution is 2.29. The predicted molar refractivity (Wildman–Crippen MR) is 182 cm³/mol. The summed E-state index contributed by atoms with van der Waals surface area (Å²) in [7, 11) is 0. The number of fused-ring (bicyclic) bond motifs is 2. The van der Waals surface area contributed by atoms with E-state index in [0.29, 0.717) is 27.3 Å². The van der Waals surface area contributed by atoms with Crippen molar-refractivity contribution in [3.05, 3.63) is 83.9 Å². The van der Waals surface area contributed by atoms with Crippen LogP contribution in [0.3, 0.4) is 0 Å². The number of phenolic OH excluding ortho intramolecular Hbond substituents is 2. The van der Waals surface area contributed by atoms with E-state index in [0.717, 1.165) is 12.3 Å². The average Bonchev–Trinajstić information content (AvgIpc) is 3.11. The van der Waals surface area contributed by atoms with E-state index in [4.69, 9.17) is 18.9 Å². The molecule has 0 amide bonds. The van der Waals surface area contributed by atoms with E-state index in [9.17, 15) is 40.5 Å². The van der Waals surface area contributed by atoms with Gasteiger partial charge in [-0.05, 0) is 35.0 Å². The van der Waals surface area contributed by atoms with Gasteiger partial charge in [-0.15, -0.1) is 0 Å². The van der Waals surface area contributed by atoms with E-state index in [1.54, 1.807) is 36.4 Å². The first-order valence-corrected chi connectivity index (χ1v) is 15.9. The summed E-state index contributed by atoms with van der Waals surface area (Å²) in [6.07, 6.45) is -8.69. The highest BCUT2D eigenvalue weighted by atomic mass is 16.7. The summed E-state index contributed by atoms with van der Waals surface area (Å²) in [6, 6.07) is 20.8. The Kier molecular flexibility index (Phi) is 12.5. The molecule has 7 N–H and O–H groups in total. The van der Waals surface area contributed by atoms with Crippen LogP contribution in [0.25, 0.3) is 21.5 Å². The molecule has 0 bridgehead atoms. The number of esters is 1. The molecule has 0 spiro atoms. The number of nitrogens with zero attached hydrogens (tertiary/aromatic N) is 2. The molecule has 14 nitrogen and oxygen atoms in total. The standard InChI is InChI=1S/C36H40N2O12/c1-20(41)47-35-33(45)31(19-40)50-36(34(35)46)49-29(16-37-14-21-10-12-27(42)25-8-4-2-6-23(21)25)30(18-39)48-32(44)17-38-15-22-11-13-28(43)26-9-5-3-7-24(22)26/h2-15,29-36,39-40,42-46H,16-19H2,1H3. The SMILES string of the molecule is CC(=O)OC1C(O)C(CO)OC(OC(CN=Cc2ccc(O)c3ccccc23)C(CO)OC(O)CN=Cc2ccc(O)c3ccccc23)C1O. The highest BCUT2D eigenvalue weighted by molar-refractivity contribution is 6.03. The lowest BCUT2D eigenvalue weighted by Gasteiger charge is -2.42. The minimum atomic E-state index is -1.72. The first kappa shape index (κ1) is 36.8. The van der Waals surface area contributed by atoms with Gasteiger partial charge in [0.2, 0.25) is 0 Å². The van der Waals surface area contributed by atoms with Gasteiger partial charge in [-0.1, -0.05) is 48.5 Å². The third-order valence-corrected chi connectivity index (χ3v) is 8.24. The summed E-state index contributed by atoms with van der Waals surface area (Å²) >= 11 is 0. The van der Waals surface area contributed by atoms with E-state index in [1.165, 1.54) is 24.6 Å². The maximum atomic E-state index is 11.7. The number of carbonyl (C=O) groups excluding carboxylic acids is 1. The Balaban J connectivity index is 1.36. The van der Waals surface area contributed by atoms with Crippen molar-refractivity contribution in [2.24, 2.45) is 9.98 Å². The van der Waals surface area contributed by atoms with Crippen LogP contribution in [0.15, 0.2) is 82.8 Å². The smallest absolute Gasteiger partial charge is 0.303 e. The number of ether oxygens (including phenoxy) is 4. The van der Waals surface area contributed by atoms with Crippen molar-refractivity contribution in [2.45, 2.75) is 56.1 Å². The Morgan fingerprint density at radius 2 is 1.34 bits per heavy atom. The molecule has 5 rings (SSSR count). The Hall–Kier alpha value is -4.51. The Bertz CT molecular complexity index is 1820. The number of hydrogen-bond acceptors (Lipinski definition) is 14. The summed E-state index contributed by atoms with van der Waals surface area (Å²) in [4.78, 5) is 20.5. The van der Waals surface area contributed by atoms with Crippen LogP contribution in [0.4, 0.5) is 0 Å². The lowest BCUT2D eigenvalue weighted by atomic mass is 9.99. The van der Waals surface area contributed by atoms with Crippen molar-refractivity contribution in [1.82, 2.24) is 0 Å². The van der Waals surface area contributed by atoms with E-state index < -0.39 is 68.4 Å². The monoisotopic (exact) mass is 692 g/mol. The van der Waals surface area contributed by atoms with Gasteiger partial charge in [0.15, 0.2) is 18.7 Å². The van der Waals surface area contributed by atoms with Gasteiger partial charge in [0.25, 0.3) is 0 Å². The van der Waals surface area contributed by atoms with E-state index in [2.05, 4.69) is 9.98 Å². The van der Waals surface area contributed by atoms with Crippen molar-refractivity contribution in [1.29, 1.82) is 0 Å². The molecule has 266 valence electrons. The van der Waals surface area contributed by atoms with Crippen LogP contribution in [0.5, 0.6) is 11.5 Å².